The number of aliphatic hydroxyl groups is 6. The number of ether oxygens (including phenoxy) is 1. The second-order valence-electron chi connectivity index (χ2n) is 31.0. The molecule has 0 saturated heterocycles. The summed E-state index contributed by atoms with van der Waals surface area (Å²) < 4.78 is 6.59. The molecule has 9 fully saturated rings. The van der Waals surface area contributed by atoms with E-state index in [2.05, 4.69) is 78.7 Å². The lowest BCUT2D eigenvalue weighted by Gasteiger charge is -2.74. The summed E-state index contributed by atoms with van der Waals surface area (Å²) in [5.74, 6) is 6.30. The van der Waals surface area contributed by atoms with Crippen molar-refractivity contribution in [2.75, 3.05) is 13.7 Å². The minimum Gasteiger partial charge on any atom is -0.454 e. The molecule has 1 aliphatic heterocycles. The van der Waals surface area contributed by atoms with Crippen LogP contribution in [0.2, 0.25) is 0 Å². The first-order valence-corrected chi connectivity index (χ1v) is 33.5. The van der Waals surface area contributed by atoms with E-state index in [9.17, 15) is 25.2 Å². The molecule has 3 aromatic carbocycles. The molecule has 0 unspecified atom stereocenters. The molecule has 448 valence electrons. The van der Waals surface area contributed by atoms with E-state index in [0.29, 0.717) is 62.7 Å². The maximum atomic E-state index is 15.6. The van der Waals surface area contributed by atoms with E-state index >= 15 is 15.0 Å². The summed E-state index contributed by atoms with van der Waals surface area (Å²) in [6, 6.07) is 23.9. The Morgan fingerprint density at radius 2 is 1.54 bits per heavy atom. The molecule has 13 aliphatic carbocycles. The van der Waals surface area contributed by atoms with E-state index in [4.69, 9.17) is 4.74 Å². The Morgan fingerprint density at radius 1 is 0.774 bits per heavy atom. The van der Waals surface area contributed by atoms with E-state index in [1.807, 2.05) is 19.2 Å². The zero-order valence-electron chi connectivity index (χ0n) is 50.0. The molecule has 10 heteroatoms. The molecule has 0 aromatic heterocycles. The van der Waals surface area contributed by atoms with Crippen LogP contribution in [0.4, 0.5) is 0 Å². The Labute approximate surface area is 498 Å². The summed E-state index contributed by atoms with van der Waals surface area (Å²) in [5, 5.41) is 86.8. The number of aldehydes is 1. The number of carbonyl (C=O) groups excluding carboxylic acids is 2. The number of nitrogens with one attached hydrogen (secondary N) is 1. The predicted molar refractivity (Wildman–Crippen MR) is 321 cm³/mol. The van der Waals surface area contributed by atoms with Gasteiger partial charge in [0.25, 0.3) is 0 Å². The highest BCUT2D eigenvalue weighted by Gasteiger charge is 2.87. The predicted octanol–water partition coefficient (Wildman–Crippen LogP) is 10.1. The molecule has 3 aromatic rings. The van der Waals surface area contributed by atoms with Gasteiger partial charge in [0.05, 0.1) is 35.9 Å². The standard InChI is InChI=1S/C74H93NO9/c1-45(52-12-3-4-13-52)54-18-19-60-66(80)68-26-21-47(37-68)17-16-46-8-5-9-48(28-46)29-49-10-6-11-50(30-49)31-51-20-24-67(36-51)25-22-53-14-7-15-55(40-76)58(53)34-62(75-2)59-33-56-39-73(82)70(41-67,71(56,44-78)61-35-64(79)84-65(59)61)27-23-63-69(42-68,43-77)74(60,83)57(32-54)38-72(63,73)81/h5-11,14-15,28,30,35,43,45,47,51-52,54,56-57,59-60,62-63,65-66,75-76,78,80-83H,3-4,12-13,16-21,23-24,26-27,29,31-34,36-42,44H2,1-2H3/t45-,47+,51+,54+,56+,57+,59+,60+,62-,63+,65+,66+,67-,68-,69-,70-,71+,72+,73+,74-/m0/s1. The van der Waals surface area contributed by atoms with E-state index < -0.39 is 85.7 Å². The van der Waals surface area contributed by atoms with Crippen LogP contribution >= 0.6 is 0 Å². The Kier molecular flexibility index (Phi) is 13.5. The van der Waals surface area contributed by atoms with Gasteiger partial charge in [-0.2, -0.15) is 0 Å². The van der Waals surface area contributed by atoms with Gasteiger partial charge in [0, 0.05) is 51.7 Å². The third-order valence-electron chi connectivity index (χ3n) is 27.9. The summed E-state index contributed by atoms with van der Waals surface area (Å²) in [6.45, 7) is 1.89. The highest BCUT2D eigenvalue weighted by Crippen LogP contribution is 2.83. The Hall–Kier alpha value is -4.18. The minimum absolute atomic E-state index is 0.0808. The number of rotatable bonds is 6. The van der Waals surface area contributed by atoms with Gasteiger partial charge in [-0.25, -0.2) is 4.79 Å². The maximum absolute atomic E-state index is 15.6. The van der Waals surface area contributed by atoms with Crippen molar-refractivity contribution in [1.29, 1.82) is 0 Å². The second kappa shape index (κ2) is 20.2. The van der Waals surface area contributed by atoms with Crippen LogP contribution < -0.4 is 5.32 Å². The molecular weight excluding hydrogens is 1050 g/mol. The second-order valence-corrected chi connectivity index (χ2v) is 31.0. The average molecular weight is 1140 g/mol. The van der Waals surface area contributed by atoms with Crippen LogP contribution in [0, 0.1) is 98.1 Å². The first kappa shape index (κ1) is 56.3. The zero-order chi connectivity index (χ0) is 57.8. The summed E-state index contributed by atoms with van der Waals surface area (Å²) in [4.78, 5) is 29.9. The topological polar surface area (TPSA) is 177 Å². The molecule has 84 heavy (non-hydrogen) atoms. The summed E-state index contributed by atoms with van der Waals surface area (Å²) in [5.41, 5.74) is -2.39. The van der Waals surface area contributed by atoms with Crippen molar-refractivity contribution in [1.82, 2.24) is 5.32 Å². The van der Waals surface area contributed by atoms with Gasteiger partial charge in [-0.05, 0) is 234 Å². The molecule has 0 radical (unpaired) electrons. The largest absolute Gasteiger partial charge is 0.454 e. The first-order valence-electron chi connectivity index (χ1n) is 33.5. The lowest BCUT2D eigenvalue weighted by molar-refractivity contribution is -0.360. The van der Waals surface area contributed by atoms with Crippen LogP contribution in [-0.2, 0) is 46.6 Å². The van der Waals surface area contributed by atoms with Crippen molar-refractivity contribution < 1.29 is 45.0 Å². The molecule has 14 aliphatic rings. The fourth-order valence-corrected chi connectivity index (χ4v) is 24.5. The number of likely N-dealkylation sites (N-methyl/N-ethyl adjacent to an activating group) is 1. The molecule has 1 heterocycles. The van der Waals surface area contributed by atoms with Gasteiger partial charge in [-0.3, -0.25) is 0 Å². The van der Waals surface area contributed by atoms with Gasteiger partial charge in [0.2, 0.25) is 0 Å². The van der Waals surface area contributed by atoms with Crippen LogP contribution in [0.15, 0.2) is 78.4 Å². The average Bonchev–Trinajstić information content (AvgIpc) is 1.40. The lowest BCUT2D eigenvalue weighted by Crippen LogP contribution is -2.83. The number of hydrogen-bond donors (Lipinski definition) is 7. The third-order valence-corrected chi connectivity index (χ3v) is 27.9. The van der Waals surface area contributed by atoms with Gasteiger partial charge in [-0.1, -0.05) is 105 Å². The number of aryl methyl sites for hydroxylation is 1. The van der Waals surface area contributed by atoms with Crippen LogP contribution in [0.1, 0.15) is 181 Å². The van der Waals surface area contributed by atoms with E-state index in [-0.39, 0.29) is 56.3 Å². The molecule has 0 amide bonds. The van der Waals surface area contributed by atoms with Crippen molar-refractivity contribution in [3.63, 3.8) is 0 Å². The molecule has 17 rings (SSSR count). The van der Waals surface area contributed by atoms with Gasteiger partial charge >= 0.3 is 5.97 Å². The van der Waals surface area contributed by atoms with Crippen LogP contribution in [-0.4, -0.2) is 91.6 Å². The number of fused-ring (bicyclic) bond motifs is 3. The molecule has 7 N–H and O–H groups in total. The fraction of sp³-hybridized carbons (Fsp3) is 0.676. The number of benzene rings is 3. The number of hydrogen-bond acceptors (Lipinski definition) is 10. The lowest BCUT2D eigenvalue weighted by atomic mass is 9.32. The fourth-order valence-electron chi connectivity index (χ4n) is 24.5. The number of carbonyl (C=O) groups is 2. The van der Waals surface area contributed by atoms with Gasteiger partial charge in [-0.15, -0.1) is 0 Å². The van der Waals surface area contributed by atoms with Gasteiger partial charge in [0.1, 0.15) is 18.0 Å². The smallest absolute Gasteiger partial charge is 0.331 e. The normalized spacial score (nSPS) is 45.7. The zero-order valence-corrected chi connectivity index (χ0v) is 50.0. The Morgan fingerprint density at radius 3 is 2.31 bits per heavy atom. The summed E-state index contributed by atoms with van der Waals surface area (Å²) in [6.07, 6.45) is 18.8. The number of esters is 1. The minimum atomic E-state index is -1.93. The number of aliphatic hydroxyl groups excluding tert-OH is 3. The van der Waals surface area contributed by atoms with Crippen molar-refractivity contribution in [2.24, 2.45) is 86.3 Å². The van der Waals surface area contributed by atoms with Crippen molar-refractivity contribution in [3.05, 3.63) is 117 Å². The maximum Gasteiger partial charge on any atom is 0.331 e. The van der Waals surface area contributed by atoms with Crippen LogP contribution in [0.25, 0.3) is 0 Å². The SMILES string of the molecule is CN[C@H]1Cc2c(cccc2CO)C#C[C@]23CC[C@H](Cc4cccc(c4)Cc4cccc(c4)CC[C@@H]4CC[C@]5(C4)C[C@]4(C=O)[C@H]6CC[C@@]7(C2)[C@](O)(C[C@H]2C[C@H]1[C@H]1OC(=O)C=C1[C@@]27CO)[C@@]6(O)C[C@H]1C[C@H]([C@@H](C)C2CCCC2)CC[C@H]([C@H]5O)[C@@]14O)C3. The highest BCUT2D eigenvalue weighted by atomic mass is 16.5. The van der Waals surface area contributed by atoms with Crippen molar-refractivity contribution in [3.8, 4) is 11.8 Å². The van der Waals surface area contributed by atoms with E-state index in [0.717, 1.165) is 99.2 Å². The molecule has 20 atom stereocenters. The van der Waals surface area contributed by atoms with Crippen molar-refractivity contribution in [2.45, 2.75) is 209 Å². The van der Waals surface area contributed by atoms with Gasteiger partial charge in [0.15, 0.2) is 0 Å². The highest BCUT2D eigenvalue weighted by molar-refractivity contribution is 5.87. The quantitative estimate of drug-likeness (QED) is 0.0715. The molecule has 15 bridgehead atoms. The molecular formula is C74H93NO9. The summed E-state index contributed by atoms with van der Waals surface area (Å²) >= 11 is 0. The summed E-state index contributed by atoms with van der Waals surface area (Å²) in [7, 11) is 1.94. The van der Waals surface area contributed by atoms with Gasteiger partial charge < -0.3 is 45.5 Å². The van der Waals surface area contributed by atoms with E-state index in [1.165, 1.54) is 47.9 Å². The monoisotopic (exact) mass is 1140 g/mol. The Balaban J connectivity index is 0.968. The molecule has 10 nitrogen and oxygen atoms in total. The molecule has 3 spiro atoms. The van der Waals surface area contributed by atoms with E-state index in [1.54, 1.807) is 6.08 Å². The first-order chi connectivity index (χ1) is 40.5. The van der Waals surface area contributed by atoms with Crippen LogP contribution in [0.5, 0.6) is 0 Å². The van der Waals surface area contributed by atoms with Crippen molar-refractivity contribution >= 4 is 12.3 Å². The molecule has 9 saturated carbocycles. The van der Waals surface area contributed by atoms with Crippen LogP contribution in [0.3, 0.4) is 0 Å². The Bertz CT molecular complexity index is 3210. The third kappa shape index (κ3) is 7.79.